The van der Waals surface area contributed by atoms with Gasteiger partial charge in [-0.15, -0.1) is 24.0 Å². The fourth-order valence-corrected chi connectivity index (χ4v) is 3.76. The number of benzene rings is 2. The van der Waals surface area contributed by atoms with Gasteiger partial charge in [-0.1, -0.05) is 61.0 Å². The summed E-state index contributed by atoms with van der Waals surface area (Å²) in [6.45, 7) is 4.99. The highest BCUT2D eigenvalue weighted by Crippen LogP contribution is 2.14. The molecule has 0 atom stereocenters. The lowest BCUT2D eigenvalue weighted by Crippen LogP contribution is -2.43. The fraction of sp³-hybridized carbons (Fsp3) is 0.462. The summed E-state index contributed by atoms with van der Waals surface area (Å²) in [6, 6.07) is 19.1. The van der Waals surface area contributed by atoms with Crippen LogP contribution in [0.25, 0.3) is 0 Å². The summed E-state index contributed by atoms with van der Waals surface area (Å²) in [5.74, 6) is 0.679. The first kappa shape index (κ1) is 27.1. The maximum atomic E-state index is 12.0. The number of likely N-dealkylation sites (tertiary alicyclic amines) is 1. The molecule has 2 aromatic carbocycles. The molecule has 2 aromatic rings. The van der Waals surface area contributed by atoms with E-state index in [9.17, 15) is 4.79 Å². The van der Waals surface area contributed by atoms with E-state index in [1.54, 1.807) is 19.0 Å². The van der Waals surface area contributed by atoms with Crippen molar-refractivity contribution in [3.05, 3.63) is 71.3 Å². The number of piperidine rings is 1. The maximum Gasteiger partial charge on any atom is 0.241 e. The lowest BCUT2D eigenvalue weighted by Gasteiger charge is -2.26. The van der Waals surface area contributed by atoms with Gasteiger partial charge in [0.05, 0.1) is 13.1 Å². The molecule has 0 aromatic heterocycles. The Labute approximate surface area is 215 Å². The van der Waals surface area contributed by atoms with Crippen LogP contribution in [0, 0.1) is 0 Å². The molecule has 1 heterocycles. The van der Waals surface area contributed by atoms with Gasteiger partial charge < -0.3 is 15.5 Å². The third kappa shape index (κ3) is 10.1. The van der Waals surface area contributed by atoms with E-state index in [1.165, 1.54) is 43.5 Å². The molecule has 0 saturated carbocycles. The number of carbonyl (C=O) groups is 1. The van der Waals surface area contributed by atoms with Crippen LogP contribution in [0.3, 0.4) is 0 Å². The highest BCUT2D eigenvalue weighted by molar-refractivity contribution is 14.0. The molecule has 0 radical (unpaired) electrons. The van der Waals surface area contributed by atoms with Gasteiger partial charge in [0.15, 0.2) is 5.96 Å². The predicted octanol–water partition coefficient (Wildman–Crippen LogP) is 3.66. The molecular formula is C26H38IN5O. The van der Waals surface area contributed by atoms with Gasteiger partial charge in [-0.25, -0.2) is 4.99 Å². The van der Waals surface area contributed by atoms with Gasteiger partial charge in [0.25, 0.3) is 0 Å². The zero-order valence-electron chi connectivity index (χ0n) is 19.9. The lowest BCUT2D eigenvalue weighted by molar-refractivity contribution is -0.127. The Morgan fingerprint density at radius 3 is 2.24 bits per heavy atom. The summed E-state index contributed by atoms with van der Waals surface area (Å²) in [4.78, 5) is 20.8. The maximum absolute atomic E-state index is 12.0. The molecule has 3 rings (SSSR count). The van der Waals surface area contributed by atoms with Crippen LogP contribution >= 0.6 is 24.0 Å². The third-order valence-corrected chi connectivity index (χ3v) is 5.75. The summed E-state index contributed by atoms with van der Waals surface area (Å²) < 4.78 is 0. The number of amides is 1. The van der Waals surface area contributed by atoms with Crippen LogP contribution in [0.2, 0.25) is 0 Å². The Hall–Kier alpha value is -2.13. The molecule has 1 aliphatic heterocycles. The number of nitrogens with zero attached hydrogens (tertiary/aromatic N) is 3. The second-order valence-electron chi connectivity index (χ2n) is 8.62. The normalized spacial score (nSPS) is 14.3. The van der Waals surface area contributed by atoms with E-state index in [-0.39, 0.29) is 36.4 Å². The number of likely N-dealkylation sites (N-methyl/N-ethyl adjacent to an activating group) is 1. The van der Waals surface area contributed by atoms with Crippen molar-refractivity contribution in [2.45, 2.75) is 38.8 Å². The van der Waals surface area contributed by atoms with Crippen molar-refractivity contribution in [1.29, 1.82) is 0 Å². The summed E-state index contributed by atoms with van der Waals surface area (Å²) in [5.41, 5.74) is 3.79. The SMILES string of the molecule is CN(C)C(=O)CNC(=NCc1ccc(CN2CCCCC2)cc1)NCCc1ccccc1.I. The first-order valence-electron chi connectivity index (χ1n) is 11.7. The van der Waals surface area contributed by atoms with E-state index < -0.39 is 0 Å². The zero-order chi connectivity index (χ0) is 22.6. The summed E-state index contributed by atoms with van der Waals surface area (Å²) in [7, 11) is 3.52. The van der Waals surface area contributed by atoms with Gasteiger partial charge in [-0.2, -0.15) is 0 Å². The molecule has 33 heavy (non-hydrogen) atoms. The van der Waals surface area contributed by atoms with Crippen LogP contribution in [-0.2, 0) is 24.3 Å². The topological polar surface area (TPSA) is 60.0 Å². The average Bonchev–Trinajstić information content (AvgIpc) is 2.82. The van der Waals surface area contributed by atoms with E-state index in [0.29, 0.717) is 12.5 Å². The molecule has 7 heteroatoms. The number of aliphatic imine (C=N–C) groups is 1. The van der Waals surface area contributed by atoms with Gasteiger partial charge in [0, 0.05) is 27.2 Å². The largest absolute Gasteiger partial charge is 0.356 e. The second kappa shape index (κ2) is 14.9. The smallest absolute Gasteiger partial charge is 0.241 e. The van der Waals surface area contributed by atoms with Crippen molar-refractivity contribution in [2.24, 2.45) is 4.99 Å². The van der Waals surface area contributed by atoms with Crippen LogP contribution in [0.5, 0.6) is 0 Å². The van der Waals surface area contributed by atoms with Crippen molar-refractivity contribution >= 4 is 35.8 Å². The highest BCUT2D eigenvalue weighted by atomic mass is 127. The average molecular weight is 564 g/mol. The third-order valence-electron chi connectivity index (χ3n) is 5.75. The molecular weight excluding hydrogens is 525 g/mol. The highest BCUT2D eigenvalue weighted by Gasteiger charge is 2.10. The monoisotopic (exact) mass is 563 g/mol. The number of carbonyl (C=O) groups excluding carboxylic acids is 1. The number of halogens is 1. The standard InChI is InChI=1S/C26H37N5O.HI/c1-30(2)25(32)20-29-26(27-16-15-22-9-5-3-6-10-22)28-19-23-11-13-24(14-12-23)21-31-17-7-4-8-18-31;/h3,5-6,9-14H,4,7-8,15-21H2,1-2H3,(H2,27,28,29);1H. The van der Waals surface area contributed by atoms with Crippen molar-refractivity contribution in [1.82, 2.24) is 20.4 Å². The van der Waals surface area contributed by atoms with Crippen LogP contribution in [0.15, 0.2) is 59.6 Å². The molecule has 180 valence electrons. The predicted molar refractivity (Wildman–Crippen MR) is 147 cm³/mol. The van der Waals surface area contributed by atoms with E-state index in [0.717, 1.165) is 25.1 Å². The minimum atomic E-state index is 0. The fourth-order valence-electron chi connectivity index (χ4n) is 3.76. The Morgan fingerprint density at radius 1 is 0.909 bits per heavy atom. The number of nitrogens with one attached hydrogen (secondary N) is 2. The van der Waals surface area contributed by atoms with Gasteiger partial charge in [0.2, 0.25) is 5.91 Å². The molecule has 0 spiro atoms. The van der Waals surface area contributed by atoms with Crippen molar-refractivity contribution in [3.63, 3.8) is 0 Å². The quantitative estimate of drug-likeness (QED) is 0.278. The van der Waals surface area contributed by atoms with Gasteiger partial charge in [-0.05, 0) is 49.0 Å². The summed E-state index contributed by atoms with van der Waals surface area (Å²) in [5, 5.41) is 6.52. The summed E-state index contributed by atoms with van der Waals surface area (Å²) >= 11 is 0. The Morgan fingerprint density at radius 2 is 1.58 bits per heavy atom. The van der Waals surface area contributed by atoms with E-state index in [1.807, 2.05) is 18.2 Å². The second-order valence-corrected chi connectivity index (χ2v) is 8.62. The van der Waals surface area contributed by atoms with E-state index >= 15 is 0 Å². The molecule has 0 bridgehead atoms. The number of guanidine groups is 1. The van der Waals surface area contributed by atoms with Crippen molar-refractivity contribution < 1.29 is 4.79 Å². The molecule has 0 unspecified atom stereocenters. The molecule has 1 amide bonds. The van der Waals surface area contributed by atoms with Gasteiger partial charge >= 0.3 is 0 Å². The summed E-state index contributed by atoms with van der Waals surface area (Å²) in [6.07, 6.45) is 4.89. The molecule has 1 saturated heterocycles. The minimum Gasteiger partial charge on any atom is -0.356 e. The van der Waals surface area contributed by atoms with Crippen molar-refractivity contribution in [2.75, 3.05) is 40.3 Å². The Balaban J connectivity index is 0.00000385. The molecule has 1 fully saturated rings. The van der Waals surface area contributed by atoms with Gasteiger partial charge in [0.1, 0.15) is 0 Å². The Kier molecular flexibility index (Phi) is 12.2. The van der Waals surface area contributed by atoms with Gasteiger partial charge in [-0.3, -0.25) is 9.69 Å². The number of rotatable bonds is 9. The molecule has 6 nitrogen and oxygen atoms in total. The first-order valence-corrected chi connectivity index (χ1v) is 11.7. The molecule has 2 N–H and O–H groups in total. The first-order chi connectivity index (χ1) is 15.6. The van der Waals surface area contributed by atoms with Crippen LogP contribution in [0.1, 0.15) is 36.0 Å². The van der Waals surface area contributed by atoms with Crippen molar-refractivity contribution in [3.8, 4) is 0 Å². The molecule has 1 aliphatic rings. The lowest BCUT2D eigenvalue weighted by atomic mass is 10.1. The van der Waals surface area contributed by atoms with Crippen LogP contribution in [-0.4, -0.2) is 61.9 Å². The number of hydrogen-bond acceptors (Lipinski definition) is 3. The Bertz CT molecular complexity index is 849. The molecule has 0 aliphatic carbocycles. The van der Waals surface area contributed by atoms with E-state index in [4.69, 9.17) is 4.99 Å². The number of hydrogen-bond donors (Lipinski definition) is 2. The van der Waals surface area contributed by atoms with Crippen LogP contribution < -0.4 is 10.6 Å². The van der Waals surface area contributed by atoms with Crippen LogP contribution in [0.4, 0.5) is 0 Å². The minimum absolute atomic E-state index is 0. The zero-order valence-corrected chi connectivity index (χ0v) is 22.3. The van der Waals surface area contributed by atoms with E-state index in [2.05, 4.69) is 51.9 Å².